The lowest BCUT2D eigenvalue weighted by molar-refractivity contribution is 0.0986. The van der Waals surface area contributed by atoms with Gasteiger partial charge in [0.05, 0.1) is 17.4 Å². The van der Waals surface area contributed by atoms with Gasteiger partial charge in [0, 0.05) is 18.1 Å². The van der Waals surface area contributed by atoms with Crippen molar-refractivity contribution in [2.45, 2.75) is 49.9 Å². The largest absolute Gasteiger partial charge is 0.397 e. The van der Waals surface area contributed by atoms with Crippen LogP contribution in [0.25, 0.3) is 0 Å². The minimum absolute atomic E-state index is 0.331. The number of benzene rings is 3. The van der Waals surface area contributed by atoms with Crippen molar-refractivity contribution < 1.29 is 0 Å². The van der Waals surface area contributed by atoms with Crippen LogP contribution in [-0.2, 0) is 0 Å². The maximum absolute atomic E-state index is 6.18. The number of fused-ring (bicyclic) bond motifs is 2. The third kappa shape index (κ3) is 3.63. The molecule has 0 radical (unpaired) electrons. The highest BCUT2D eigenvalue weighted by atomic mass is 15.3. The van der Waals surface area contributed by atoms with E-state index in [9.17, 15) is 0 Å². The van der Waals surface area contributed by atoms with E-state index in [2.05, 4.69) is 83.0 Å². The minimum Gasteiger partial charge on any atom is -0.397 e. The lowest BCUT2D eigenvalue weighted by Crippen LogP contribution is -2.48. The molecule has 29 heavy (non-hydrogen) atoms. The van der Waals surface area contributed by atoms with Crippen molar-refractivity contribution in [1.29, 1.82) is 0 Å². The highest BCUT2D eigenvalue weighted by molar-refractivity contribution is 5.66. The Morgan fingerprint density at radius 1 is 0.724 bits per heavy atom. The van der Waals surface area contributed by atoms with Gasteiger partial charge in [-0.3, -0.25) is 4.90 Å². The number of nitrogens with two attached hydrogens (primary N) is 1. The Labute approximate surface area is 173 Å². The summed E-state index contributed by atoms with van der Waals surface area (Å²) < 4.78 is 0. The van der Waals surface area contributed by atoms with E-state index in [1.54, 1.807) is 0 Å². The quantitative estimate of drug-likeness (QED) is 0.574. The number of hydrogen-bond acceptors (Lipinski definition) is 3. The molecule has 3 heteroatoms. The molecule has 2 saturated heterocycles. The molecular weight excluding hydrogens is 354 g/mol. The number of anilines is 2. The summed E-state index contributed by atoms with van der Waals surface area (Å²) in [5.74, 6) is 0. The minimum atomic E-state index is 0.331. The van der Waals surface area contributed by atoms with Crippen LogP contribution in [0.5, 0.6) is 0 Å². The number of piperidine rings is 1. The Morgan fingerprint density at radius 2 is 1.24 bits per heavy atom. The second-order valence-corrected chi connectivity index (χ2v) is 8.46. The summed E-state index contributed by atoms with van der Waals surface area (Å²) in [5, 5.41) is 3.74. The Bertz CT molecular complexity index is 887. The van der Waals surface area contributed by atoms with Crippen molar-refractivity contribution in [2.24, 2.45) is 0 Å². The van der Waals surface area contributed by atoms with Gasteiger partial charge in [0.25, 0.3) is 0 Å². The molecule has 3 atom stereocenters. The molecule has 2 fully saturated rings. The lowest BCUT2D eigenvalue weighted by Gasteiger charge is -2.44. The fourth-order valence-electron chi connectivity index (χ4n) is 5.41. The Balaban J connectivity index is 1.42. The van der Waals surface area contributed by atoms with E-state index >= 15 is 0 Å². The highest BCUT2D eigenvalue weighted by Crippen LogP contribution is 2.44. The zero-order chi connectivity index (χ0) is 19.6. The van der Waals surface area contributed by atoms with Crippen molar-refractivity contribution in [2.75, 3.05) is 11.1 Å². The number of rotatable bonds is 5. The monoisotopic (exact) mass is 383 g/mol. The van der Waals surface area contributed by atoms with E-state index in [-0.39, 0.29) is 0 Å². The molecule has 3 aromatic rings. The van der Waals surface area contributed by atoms with Gasteiger partial charge < -0.3 is 11.1 Å². The van der Waals surface area contributed by atoms with E-state index < -0.39 is 0 Å². The van der Waals surface area contributed by atoms with Gasteiger partial charge in [-0.05, 0) is 48.9 Å². The number of nitrogens with zero attached hydrogens (tertiary/aromatic N) is 1. The van der Waals surface area contributed by atoms with Crippen LogP contribution in [0.15, 0.2) is 84.9 Å². The van der Waals surface area contributed by atoms with Crippen LogP contribution in [0.1, 0.15) is 42.9 Å². The van der Waals surface area contributed by atoms with Gasteiger partial charge in [0.2, 0.25) is 0 Å². The maximum atomic E-state index is 6.18. The predicted molar refractivity (Wildman–Crippen MR) is 121 cm³/mol. The molecule has 3 nitrogen and oxygen atoms in total. The van der Waals surface area contributed by atoms with Gasteiger partial charge in [-0.1, -0.05) is 72.8 Å². The van der Waals surface area contributed by atoms with E-state index in [0.717, 1.165) is 11.4 Å². The first-order chi connectivity index (χ1) is 14.3. The standard InChI is InChI=1S/C26H29N3/c27-24-13-7-8-14-25(24)28-21-17-22-15-16-23(18-21)29(22)26(19-9-3-1-4-10-19)20-11-5-2-6-12-20/h1-14,21-23,26,28H,15-18,27H2/t21?,22-,23+. The molecule has 3 aromatic carbocycles. The molecular formula is C26H29N3. The first-order valence-electron chi connectivity index (χ1n) is 10.8. The average Bonchev–Trinajstić information content (AvgIpc) is 3.01. The second kappa shape index (κ2) is 7.92. The van der Waals surface area contributed by atoms with Gasteiger partial charge in [0.15, 0.2) is 0 Å². The van der Waals surface area contributed by atoms with Gasteiger partial charge in [0.1, 0.15) is 0 Å². The van der Waals surface area contributed by atoms with E-state index in [1.807, 2.05) is 12.1 Å². The average molecular weight is 384 g/mol. The van der Waals surface area contributed by atoms with Crippen LogP contribution in [0.3, 0.4) is 0 Å². The predicted octanol–water partition coefficient (Wildman–Crippen LogP) is 5.47. The third-order valence-corrected chi connectivity index (χ3v) is 6.64. The molecule has 2 aliphatic heterocycles. The van der Waals surface area contributed by atoms with Crippen molar-refractivity contribution in [1.82, 2.24) is 4.90 Å². The Kier molecular flexibility index (Phi) is 4.99. The van der Waals surface area contributed by atoms with Crippen LogP contribution in [0.2, 0.25) is 0 Å². The molecule has 148 valence electrons. The van der Waals surface area contributed by atoms with Gasteiger partial charge in [-0.25, -0.2) is 0 Å². The van der Waals surface area contributed by atoms with Crippen molar-refractivity contribution in [3.8, 4) is 0 Å². The van der Waals surface area contributed by atoms with Crippen LogP contribution in [0.4, 0.5) is 11.4 Å². The topological polar surface area (TPSA) is 41.3 Å². The molecule has 0 spiro atoms. The van der Waals surface area contributed by atoms with Crippen LogP contribution < -0.4 is 11.1 Å². The summed E-state index contributed by atoms with van der Waals surface area (Å²) in [7, 11) is 0. The first kappa shape index (κ1) is 18.3. The molecule has 0 amide bonds. The van der Waals surface area contributed by atoms with Crippen molar-refractivity contribution in [3.63, 3.8) is 0 Å². The number of nitrogens with one attached hydrogen (secondary N) is 1. The van der Waals surface area contributed by atoms with Gasteiger partial charge in [-0.15, -0.1) is 0 Å². The fourth-order valence-corrected chi connectivity index (χ4v) is 5.41. The lowest BCUT2D eigenvalue weighted by atomic mass is 9.89. The normalized spacial score (nSPS) is 24.0. The summed E-state index contributed by atoms with van der Waals surface area (Å²) in [5.41, 5.74) is 10.9. The second-order valence-electron chi connectivity index (χ2n) is 8.46. The van der Waals surface area contributed by atoms with Crippen molar-refractivity contribution in [3.05, 3.63) is 96.1 Å². The molecule has 2 bridgehead atoms. The van der Waals surface area contributed by atoms with Crippen LogP contribution in [-0.4, -0.2) is 23.0 Å². The summed E-state index contributed by atoms with van der Waals surface area (Å²) in [6, 6.07) is 32.2. The molecule has 5 rings (SSSR count). The number of para-hydroxylation sites is 2. The van der Waals surface area contributed by atoms with Crippen LogP contribution >= 0.6 is 0 Å². The number of hydrogen-bond donors (Lipinski definition) is 2. The molecule has 1 unspecified atom stereocenters. The molecule has 0 aromatic heterocycles. The van der Waals surface area contributed by atoms with E-state index in [1.165, 1.54) is 36.8 Å². The summed E-state index contributed by atoms with van der Waals surface area (Å²) in [4.78, 5) is 2.80. The van der Waals surface area contributed by atoms with Crippen LogP contribution in [0, 0.1) is 0 Å². The van der Waals surface area contributed by atoms with Gasteiger partial charge in [-0.2, -0.15) is 0 Å². The Hall–Kier alpha value is -2.78. The first-order valence-corrected chi connectivity index (χ1v) is 10.8. The maximum Gasteiger partial charge on any atom is 0.0606 e. The van der Waals surface area contributed by atoms with Gasteiger partial charge >= 0.3 is 0 Å². The summed E-state index contributed by atoms with van der Waals surface area (Å²) in [6.07, 6.45) is 4.90. The SMILES string of the molecule is Nc1ccccc1NC1C[C@H]2CC[C@@H](C1)N2C(c1ccccc1)c1ccccc1. The number of nitrogen functional groups attached to an aromatic ring is 1. The van der Waals surface area contributed by atoms with E-state index in [0.29, 0.717) is 24.2 Å². The fraction of sp³-hybridized carbons (Fsp3) is 0.308. The molecule has 0 aliphatic carbocycles. The molecule has 3 N–H and O–H groups in total. The smallest absolute Gasteiger partial charge is 0.0606 e. The zero-order valence-electron chi connectivity index (χ0n) is 16.7. The zero-order valence-corrected chi connectivity index (χ0v) is 16.7. The summed E-state index contributed by atoms with van der Waals surface area (Å²) in [6.45, 7) is 0. The molecule has 0 saturated carbocycles. The Morgan fingerprint density at radius 3 is 1.79 bits per heavy atom. The highest BCUT2D eigenvalue weighted by Gasteiger charge is 2.44. The molecule has 2 aliphatic rings. The molecule has 2 heterocycles. The van der Waals surface area contributed by atoms with E-state index in [4.69, 9.17) is 5.73 Å². The summed E-state index contributed by atoms with van der Waals surface area (Å²) >= 11 is 0. The third-order valence-electron chi connectivity index (χ3n) is 6.64. The van der Waals surface area contributed by atoms with Crippen molar-refractivity contribution >= 4 is 11.4 Å².